The van der Waals surface area contributed by atoms with Crippen LogP contribution in [0.1, 0.15) is 34.5 Å². The van der Waals surface area contributed by atoms with Gasteiger partial charge in [0.1, 0.15) is 6.04 Å². The summed E-state index contributed by atoms with van der Waals surface area (Å²) in [7, 11) is 3.84. The van der Waals surface area contributed by atoms with Gasteiger partial charge >= 0.3 is 0 Å². The van der Waals surface area contributed by atoms with E-state index in [9.17, 15) is 14.4 Å². The average molecular weight is 418 g/mol. The van der Waals surface area contributed by atoms with Gasteiger partial charge in [-0.1, -0.05) is 6.07 Å². The number of amides is 3. The van der Waals surface area contributed by atoms with E-state index in [1.807, 2.05) is 48.5 Å². The summed E-state index contributed by atoms with van der Waals surface area (Å²) in [5.41, 5.74) is 5.95. The van der Waals surface area contributed by atoms with Crippen LogP contribution in [-0.2, 0) is 30.2 Å². The van der Waals surface area contributed by atoms with E-state index in [1.54, 1.807) is 17.3 Å². The Hall–Kier alpha value is -3.75. The molecule has 2 aliphatic rings. The first-order valence-electron chi connectivity index (χ1n) is 10.1. The van der Waals surface area contributed by atoms with E-state index in [-0.39, 0.29) is 18.2 Å². The number of rotatable bonds is 3. The summed E-state index contributed by atoms with van der Waals surface area (Å²) >= 11 is 0. The zero-order valence-electron chi connectivity index (χ0n) is 17.5. The largest absolute Gasteiger partial charge is 0.332 e. The Morgan fingerprint density at radius 1 is 1.13 bits per heavy atom. The summed E-state index contributed by atoms with van der Waals surface area (Å²) in [5, 5.41) is 6.78. The fraction of sp³-hybridized carbons (Fsp3) is 0.318. The van der Waals surface area contributed by atoms with Gasteiger partial charge < -0.3 is 9.47 Å². The lowest BCUT2D eigenvalue weighted by Gasteiger charge is -2.29. The zero-order chi connectivity index (χ0) is 21.9. The minimum Gasteiger partial charge on any atom is -0.332 e. The van der Waals surface area contributed by atoms with Crippen molar-refractivity contribution in [3.63, 3.8) is 0 Å². The fourth-order valence-corrected chi connectivity index (χ4v) is 4.50. The number of aryl methyl sites for hydroxylation is 3. The maximum absolute atomic E-state index is 12.9. The molecule has 158 valence electrons. The predicted octanol–water partition coefficient (Wildman–Crippen LogP) is 1.56. The first-order valence-corrected chi connectivity index (χ1v) is 10.1. The SMILES string of the molecule is Cc1cc(-c2c(-c3ccc4c(c3)CN(C3CCC(=O)NC3=O)C4=O)ncn2C)n(C)n1. The van der Waals surface area contributed by atoms with Crippen LogP contribution in [0, 0.1) is 6.92 Å². The maximum Gasteiger partial charge on any atom is 0.255 e. The second-order valence-electron chi connectivity index (χ2n) is 8.12. The number of hydrogen-bond acceptors (Lipinski definition) is 5. The van der Waals surface area contributed by atoms with Crippen LogP contribution < -0.4 is 5.32 Å². The van der Waals surface area contributed by atoms with E-state index in [0.717, 1.165) is 33.9 Å². The van der Waals surface area contributed by atoms with Crippen LogP contribution in [0.3, 0.4) is 0 Å². The number of aromatic nitrogens is 4. The number of imide groups is 1. The Bertz CT molecular complexity index is 1250. The zero-order valence-corrected chi connectivity index (χ0v) is 17.5. The van der Waals surface area contributed by atoms with Gasteiger partial charge in [0.05, 0.1) is 29.1 Å². The lowest BCUT2D eigenvalue weighted by Crippen LogP contribution is -2.52. The van der Waals surface area contributed by atoms with E-state index in [1.165, 1.54) is 0 Å². The second kappa shape index (κ2) is 6.90. The Morgan fingerprint density at radius 3 is 2.65 bits per heavy atom. The van der Waals surface area contributed by atoms with Crippen molar-refractivity contribution in [2.75, 3.05) is 0 Å². The molecule has 9 heteroatoms. The quantitative estimate of drug-likeness (QED) is 0.651. The number of hydrogen-bond donors (Lipinski definition) is 1. The highest BCUT2D eigenvalue weighted by molar-refractivity contribution is 6.05. The number of carbonyl (C=O) groups is 3. The molecule has 31 heavy (non-hydrogen) atoms. The molecule has 0 aliphatic carbocycles. The lowest BCUT2D eigenvalue weighted by molar-refractivity contribution is -0.136. The number of carbonyl (C=O) groups excluding carboxylic acids is 3. The third kappa shape index (κ3) is 3.04. The van der Waals surface area contributed by atoms with Crippen LogP contribution in [0.5, 0.6) is 0 Å². The first-order chi connectivity index (χ1) is 14.8. The molecule has 2 aromatic heterocycles. The molecule has 1 aromatic carbocycles. The molecule has 1 atom stereocenters. The molecule has 0 spiro atoms. The van der Waals surface area contributed by atoms with Gasteiger partial charge in [0.2, 0.25) is 11.8 Å². The van der Waals surface area contributed by atoms with Crippen LogP contribution >= 0.6 is 0 Å². The minimum atomic E-state index is -0.621. The number of benzene rings is 1. The topological polar surface area (TPSA) is 102 Å². The smallest absolute Gasteiger partial charge is 0.255 e. The number of nitrogens with zero attached hydrogens (tertiary/aromatic N) is 5. The van der Waals surface area contributed by atoms with E-state index >= 15 is 0 Å². The molecule has 0 bridgehead atoms. The molecule has 3 aromatic rings. The van der Waals surface area contributed by atoms with Gasteiger partial charge in [-0.3, -0.25) is 24.4 Å². The fourth-order valence-electron chi connectivity index (χ4n) is 4.50. The molecular formula is C22H22N6O3. The number of piperidine rings is 1. The summed E-state index contributed by atoms with van der Waals surface area (Å²) in [6.45, 7) is 2.28. The van der Waals surface area contributed by atoms with Crippen LogP contribution in [0.4, 0.5) is 0 Å². The molecule has 2 aliphatic heterocycles. The molecule has 1 saturated heterocycles. The third-order valence-electron chi connectivity index (χ3n) is 5.98. The monoisotopic (exact) mass is 418 g/mol. The number of fused-ring (bicyclic) bond motifs is 1. The van der Waals surface area contributed by atoms with Crippen molar-refractivity contribution in [1.29, 1.82) is 0 Å². The Morgan fingerprint density at radius 2 is 1.94 bits per heavy atom. The standard InChI is InChI=1S/C22H22N6O3/c1-12-8-17(27(3)25-12)20-19(23-11-26(20)2)13-4-5-15-14(9-13)10-28(22(15)31)16-6-7-18(29)24-21(16)30/h4-5,8-9,11,16H,6-7,10H2,1-3H3,(H,24,29,30). The Kier molecular flexibility index (Phi) is 4.28. The van der Waals surface area contributed by atoms with E-state index in [2.05, 4.69) is 15.4 Å². The van der Waals surface area contributed by atoms with Gasteiger partial charge in [0, 0.05) is 38.2 Å². The van der Waals surface area contributed by atoms with Crippen molar-refractivity contribution in [1.82, 2.24) is 29.5 Å². The summed E-state index contributed by atoms with van der Waals surface area (Å²) in [4.78, 5) is 42.8. The highest BCUT2D eigenvalue weighted by Gasteiger charge is 2.39. The van der Waals surface area contributed by atoms with Crippen LogP contribution in [0.2, 0.25) is 0 Å². The second-order valence-corrected chi connectivity index (χ2v) is 8.12. The summed E-state index contributed by atoms with van der Waals surface area (Å²) in [5.74, 6) is -0.878. The third-order valence-corrected chi connectivity index (χ3v) is 5.98. The Labute approximate surface area is 178 Å². The van der Waals surface area contributed by atoms with Crippen LogP contribution in [0.25, 0.3) is 22.6 Å². The van der Waals surface area contributed by atoms with Crippen molar-refractivity contribution >= 4 is 17.7 Å². The van der Waals surface area contributed by atoms with E-state index < -0.39 is 11.9 Å². The molecule has 3 amide bonds. The van der Waals surface area contributed by atoms with Crippen molar-refractivity contribution in [2.24, 2.45) is 14.1 Å². The molecule has 0 radical (unpaired) electrons. The Balaban J connectivity index is 1.50. The van der Waals surface area contributed by atoms with Gasteiger partial charge in [0.25, 0.3) is 5.91 Å². The van der Waals surface area contributed by atoms with Gasteiger partial charge in [-0.05, 0) is 37.1 Å². The predicted molar refractivity (Wildman–Crippen MR) is 112 cm³/mol. The van der Waals surface area contributed by atoms with Crippen molar-refractivity contribution in [3.05, 3.63) is 47.4 Å². The lowest BCUT2D eigenvalue weighted by atomic mass is 10.0. The molecule has 1 N–H and O–H groups in total. The van der Waals surface area contributed by atoms with Gasteiger partial charge in [-0.25, -0.2) is 4.98 Å². The number of imidazole rings is 1. The summed E-state index contributed by atoms with van der Waals surface area (Å²) in [6, 6.07) is 7.05. The molecule has 0 saturated carbocycles. The van der Waals surface area contributed by atoms with Crippen LogP contribution in [0.15, 0.2) is 30.6 Å². The van der Waals surface area contributed by atoms with Crippen molar-refractivity contribution < 1.29 is 14.4 Å². The highest BCUT2D eigenvalue weighted by Crippen LogP contribution is 2.35. The molecule has 1 fully saturated rings. The van der Waals surface area contributed by atoms with E-state index in [4.69, 9.17) is 0 Å². The number of nitrogens with one attached hydrogen (secondary N) is 1. The van der Waals surface area contributed by atoms with Gasteiger partial charge in [0.15, 0.2) is 0 Å². The molecule has 5 rings (SSSR count). The van der Waals surface area contributed by atoms with Crippen molar-refractivity contribution in [2.45, 2.75) is 32.4 Å². The van der Waals surface area contributed by atoms with Gasteiger partial charge in [-0.2, -0.15) is 5.10 Å². The molecule has 1 unspecified atom stereocenters. The molecule has 4 heterocycles. The maximum atomic E-state index is 12.9. The van der Waals surface area contributed by atoms with Gasteiger partial charge in [-0.15, -0.1) is 0 Å². The summed E-state index contributed by atoms with van der Waals surface area (Å²) in [6.07, 6.45) is 2.35. The molecule has 9 nitrogen and oxygen atoms in total. The normalized spacial score (nSPS) is 18.5. The van der Waals surface area contributed by atoms with Crippen molar-refractivity contribution in [3.8, 4) is 22.6 Å². The molecular weight excluding hydrogens is 396 g/mol. The average Bonchev–Trinajstić information content (AvgIpc) is 3.36. The first kappa shape index (κ1) is 19.2. The minimum absolute atomic E-state index is 0.181. The highest BCUT2D eigenvalue weighted by atomic mass is 16.2. The van der Waals surface area contributed by atoms with Crippen LogP contribution in [-0.4, -0.2) is 48.0 Å². The summed E-state index contributed by atoms with van der Waals surface area (Å²) < 4.78 is 3.79. The van der Waals surface area contributed by atoms with E-state index in [0.29, 0.717) is 18.5 Å².